The Morgan fingerprint density at radius 2 is 2.05 bits per heavy atom. The fourth-order valence-electron chi connectivity index (χ4n) is 2.19. The van der Waals surface area contributed by atoms with Gasteiger partial charge in [0.25, 0.3) is 0 Å². The van der Waals surface area contributed by atoms with Crippen LogP contribution in [0.3, 0.4) is 0 Å². The van der Waals surface area contributed by atoms with Gasteiger partial charge in [0.15, 0.2) is 5.96 Å². The average Bonchev–Trinajstić information content (AvgIpc) is 3.16. The van der Waals surface area contributed by atoms with Gasteiger partial charge < -0.3 is 10.6 Å². The summed E-state index contributed by atoms with van der Waals surface area (Å²) in [5.41, 5.74) is 1.43. The number of nitrogens with one attached hydrogen (secondary N) is 2. The van der Waals surface area contributed by atoms with Gasteiger partial charge in [-0.1, -0.05) is 44.2 Å². The normalized spacial score (nSPS) is 22.4. The third-order valence-electron chi connectivity index (χ3n) is 3.30. The molecule has 3 heteroatoms. The van der Waals surface area contributed by atoms with Crippen LogP contribution in [0.4, 0.5) is 0 Å². The number of guanidine groups is 1. The van der Waals surface area contributed by atoms with Crippen molar-refractivity contribution in [3.05, 3.63) is 35.9 Å². The van der Waals surface area contributed by atoms with Gasteiger partial charge >= 0.3 is 0 Å². The van der Waals surface area contributed by atoms with Crippen molar-refractivity contribution in [2.75, 3.05) is 13.1 Å². The predicted octanol–water partition coefficient (Wildman–Crippen LogP) is 2.75. The minimum Gasteiger partial charge on any atom is -0.357 e. The van der Waals surface area contributed by atoms with Gasteiger partial charge in [-0.05, 0) is 24.8 Å². The van der Waals surface area contributed by atoms with Crippen LogP contribution < -0.4 is 10.6 Å². The molecule has 1 aliphatic carbocycles. The van der Waals surface area contributed by atoms with Crippen molar-refractivity contribution < 1.29 is 0 Å². The van der Waals surface area contributed by atoms with E-state index in [1.165, 1.54) is 12.0 Å². The lowest BCUT2D eigenvalue weighted by Gasteiger charge is -2.12. The van der Waals surface area contributed by atoms with Gasteiger partial charge in [0.2, 0.25) is 0 Å². The molecule has 0 bridgehead atoms. The summed E-state index contributed by atoms with van der Waals surface area (Å²) in [6.45, 7) is 8.27. The molecule has 0 aromatic heterocycles. The summed E-state index contributed by atoms with van der Waals surface area (Å²) >= 11 is 0. The molecular formula is C16H25N3. The molecule has 0 amide bonds. The van der Waals surface area contributed by atoms with Gasteiger partial charge in [0.1, 0.15) is 0 Å². The number of benzene rings is 1. The first-order chi connectivity index (χ1) is 9.20. The number of hydrogen-bond donors (Lipinski definition) is 2. The average molecular weight is 259 g/mol. The van der Waals surface area contributed by atoms with E-state index in [4.69, 9.17) is 0 Å². The molecule has 1 aromatic rings. The molecule has 1 aliphatic rings. The SMILES string of the molecule is CCNC(=NCC(C)C)NC1CC1c1ccccc1. The highest BCUT2D eigenvalue weighted by Gasteiger charge is 2.38. The first-order valence-electron chi connectivity index (χ1n) is 7.30. The van der Waals surface area contributed by atoms with Gasteiger partial charge in [0, 0.05) is 25.0 Å². The van der Waals surface area contributed by atoms with E-state index in [9.17, 15) is 0 Å². The van der Waals surface area contributed by atoms with Crippen LogP contribution in [0.25, 0.3) is 0 Å². The number of hydrogen-bond acceptors (Lipinski definition) is 1. The lowest BCUT2D eigenvalue weighted by Crippen LogP contribution is -2.39. The molecule has 19 heavy (non-hydrogen) atoms. The van der Waals surface area contributed by atoms with Crippen molar-refractivity contribution in [1.82, 2.24) is 10.6 Å². The van der Waals surface area contributed by atoms with E-state index in [1.54, 1.807) is 0 Å². The van der Waals surface area contributed by atoms with Gasteiger partial charge in [0.05, 0.1) is 0 Å². The molecule has 3 nitrogen and oxygen atoms in total. The van der Waals surface area contributed by atoms with Crippen molar-refractivity contribution in [2.45, 2.75) is 39.2 Å². The third kappa shape index (κ3) is 4.27. The topological polar surface area (TPSA) is 36.4 Å². The van der Waals surface area contributed by atoms with Crippen molar-refractivity contribution in [1.29, 1.82) is 0 Å². The maximum Gasteiger partial charge on any atom is 0.191 e. The molecule has 1 fully saturated rings. The molecule has 0 radical (unpaired) electrons. The minimum atomic E-state index is 0.535. The second-order valence-corrected chi connectivity index (χ2v) is 5.62. The van der Waals surface area contributed by atoms with E-state index in [1.807, 2.05) is 0 Å². The summed E-state index contributed by atoms with van der Waals surface area (Å²) in [6.07, 6.45) is 1.20. The number of nitrogens with zero attached hydrogens (tertiary/aromatic N) is 1. The molecule has 0 saturated heterocycles. The first kappa shape index (κ1) is 13.9. The van der Waals surface area contributed by atoms with Crippen molar-refractivity contribution in [3.63, 3.8) is 0 Å². The highest BCUT2D eigenvalue weighted by atomic mass is 15.2. The van der Waals surface area contributed by atoms with Crippen molar-refractivity contribution >= 4 is 5.96 Å². The van der Waals surface area contributed by atoms with E-state index < -0.39 is 0 Å². The van der Waals surface area contributed by atoms with Crippen LogP contribution in [-0.4, -0.2) is 25.1 Å². The Morgan fingerprint density at radius 3 is 2.68 bits per heavy atom. The Morgan fingerprint density at radius 1 is 1.32 bits per heavy atom. The van der Waals surface area contributed by atoms with Crippen LogP contribution in [0.1, 0.15) is 38.7 Å². The predicted molar refractivity (Wildman–Crippen MR) is 81.5 cm³/mol. The highest BCUT2D eigenvalue weighted by Crippen LogP contribution is 2.40. The summed E-state index contributed by atoms with van der Waals surface area (Å²) in [5.74, 6) is 2.20. The molecule has 1 saturated carbocycles. The van der Waals surface area contributed by atoms with Crippen molar-refractivity contribution in [3.8, 4) is 0 Å². The molecular weight excluding hydrogens is 234 g/mol. The highest BCUT2D eigenvalue weighted by molar-refractivity contribution is 5.80. The maximum absolute atomic E-state index is 4.62. The molecule has 0 heterocycles. The van der Waals surface area contributed by atoms with Gasteiger partial charge in [-0.15, -0.1) is 0 Å². The molecule has 0 aliphatic heterocycles. The summed E-state index contributed by atoms with van der Waals surface area (Å²) in [4.78, 5) is 4.62. The molecule has 1 aromatic carbocycles. The van der Waals surface area contributed by atoms with Crippen LogP contribution in [0, 0.1) is 5.92 Å². The Balaban J connectivity index is 1.88. The lowest BCUT2D eigenvalue weighted by atomic mass is 10.1. The van der Waals surface area contributed by atoms with E-state index in [2.05, 4.69) is 66.7 Å². The van der Waals surface area contributed by atoms with Gasteiger partial charge in [-0.2, -0.15) is 0 Å². The second-order valence-electron chi connectivity index (χ2n) is 5.62. The zero-order valence-corrected chi connectivity index (χ0v) is 12.2. The van der Waals surface area contributed by atoms with E-state index >= 15 is 0 Å². The minimum absolute atomic E-state index is 0.535. The van der Waals surface area contributed by atoms with Crippen molar-refractivity contribution in [2.24, 2.45) is 10.9 Å². The van der Waals surface area contributed by atoms with E-state index in [0.29, 0.717) is 17.9 Å². The first-order valence-corrected chi connectivity index (χ1v) is 7.30. The Hall–Kier alpha value is -1.51. The zero-order valence-electron chi connectivity index (χ0n) is 12.2. The lowest BCUT2D eigenvalue weighted by molar-refractivity contribution is 0.655. The zero-order chi connectivity index (χ0) is 13.7. The number of aliphatic imine (C=N–C) groups is 1. The van der Waals surface area contributed by atoms with Gasteiger partial charge in [-0.3, -0.25) is 4.99 Å². The fourth-order valence-corrected chi connectivity index (χ4v) is 2.19. The largest absolute Gasteiger partial charge is 0.357 e. The van der Waals surface area contributed by atoms with Crippen LogP contribution in [-0.2, 0) is 0 Å². The van der Waals surface area contributed by atoms with E-state index in [0.717, 1.165) is 19.0 Å². The Bertz CT molecular complexity index is 411. The molecule has 2 N–H and O–H groups in total. The quantitative estimate of drug-likeness (QED) is 0.630. The Labute approximate surface area is 116 Å². The number of rotatable bonds is 5. The molecule has 2 rings (SSSR count). The fraction of sp³-hybridized carbons (Fsp3) is 0.562. The van der Waals surface area contributed by atoms with Crippen LogP contribution >= 0.6 is 0 Å². The smallest absolute Gasteiger partial charge is 0.191 e. The summed E-state index contributed by atoms with van der Waals surface area (Å²) in [6, 6.07) is 11.3. The molecule has 2 atom stereocenters. The summed E-state index contributed by atoms with van der Waals surface area (Å²) in [5, 5.41) is 6.85. The van der Waals surface area contributed by atoms with Crippen LogP contribution in [0.2, 0.25) is 0 Å². The molecule has 0 spiro atoms. The van der Waals surface area contributed by atoms with Crippen LogP contribution in [0.5, 0.6) is 0 Å². The standard InChI is InChI=1S/C16H25N3/c1-4-17-16(18-11-12(2)3)19-15-10-14(15)13-8-6-5-7-9-13/h5-9,12,14-15H,4,10-11H2,1-3H3,(H2,17,18,19). The molecule has 2 unspecified atom stereocenters. The Kier molecular flexibility index (Phi) is 4.83. The maximum atomic E-state index is 4.62. The monoisotopic (exact) mass is 259 g/mol. The molecule has 104 valence electrons. The second kappa shape index (κ2) is 6.60. The van der Waals surface area contributed by atoms with Gasteiger partial charge in [-0.25, -0.2) is 0 Å². The van der Waals surface area contributed by atoms with Crippen LogP contribution in [0.15, 0.2) is 35.3 Å². The third-order valence-corrected chi connectivity index (χ3v) is 3.30. The summed E-state index contributed by atoms with van der Waals surface area (Å²) < 4.78 is 0. The van der Waals surface area contributed by atoms with E-state index in [-0.39, 0.29) is 0 Å². The summed E-state index contributed by atoms with van der Waals surface area (Å²) in [7, 11) is 0.